The van der Waals surface area contributed by atoms with Crippen LogP contribution in [0, 0.1) is 6.92 Å². The molecule has 1 aliphatic rings. The molecule has 4 aromatic rings. The third-order valence-corrected chi connectivity index (χ3v) is 6.37. The zero-order valence-electron chi connectivity index (χ0n) is 20.5. The second-order valence-corrected chi connectivity index (χ2v) is 8.85. The summed E-state index contributed by atoms with van der Waals surface area (Å²) in [7, 11) is 1.55. The van der Waals surface area contributed by atoms with Crippen LogP contribution in [0.4, 0.5) is 17.1 Å². The van der Waals surface area contributed by atoms with E-state index in [-0.39, 0.29) is 11.3 Å². The molecule has 4 aromatic carbocycles. The normalized spacial score (nSPS) is 16.6. The number of carbonyl (C=O) groups is 2. The molecular weight excluding hydrogens is 464 g/mol. The van der Waals surface area contributed by atoms with Gasteiger partial charge in [0.05, 0.1) is 18.7 Å². The first-order valence-electron chi connectivity index (χ1n) is 11.9. The van der Waals surface area contributed by atoms with E-state index in [0.29, 0.717) is 17.0 Å². The average molecular weight is 491 g/mol. The van der Waals surface area contributed by atoms with Crippen molar-refractivity contribution in [1.82, 2.24) is 0 Å². The smallest absolute Gasteiger partial charge is 0.300 e. The highest BCUT2D eigenvalue weighted by molar-refractivity contribution is 6.51. The number of Topliss-reactive ketones (excluding diaryl/α,β-unsaturated/α-hetero) is 1. The number of carbonyl (C=O) groups excluding carboxylic acids is 2. The number of benzene rings is 4. The number of para-hydroxylation sites is 1. The molecule has 0 saturated carbocycles. The number of hydrogen-bond donors (Lipinski definition) is 2. The van der Waals surface area contributed by atoms with E-state index in [9.17, 15) is 14.7 Å². The predicted molar refractivity (Wildman–Crippen MR) is 145 cm³/mol. The van der Waals surface area contributed by atoms with Gasteiger partial charge in [0, 0.05) is 22.6 Å². The molecule has 1 atom stereocenters. The van der Waals surface area contributed by atoms with Crippen LogP contribution in [-0.2, 0) is 9.59 Å². The molecule has 0 bridgehead atoms. The van der Waals surface area contributed by atoms with Gasteiger partial charge >= 0.3 is 0 Å². The van der Waals surface area contributed by atoms with Crippen molar-refractivity contribution in [2.75, 3.05) is 17.3 Å². The summed E-state index contributed by atoms with van der Waals surface area (Å²) in [6.07, 6.45) is 0. The van der Waals surface area contributed by atoms with Gasteiger partial charge in [0.2, 0.25) is 0 Å². The van der Waals surface area contributed by atoms with Gasteiger partial charge in [0.1, 0.15) is 11.5 Å². The molecule has 1 heterocycles. The molecule has 5 rings (SSSR count). The molecule has 6 nitrogen and oxygen atoms in total. The minimum Gasteiger partial charge on any atom is -0.507 e. The molecule has 1 fully saturated rings. The van der Waals surface area contributed by atoms with Crippen LogP contribution < -0.4 is 15.0 Å². The zero-order chi connectivity index (χ0) is 25.9. The fourth-order valence-electron chi connectivity index (χ4n) is 4.55. The standard InChI is InChI=1S/C31H26N2O4/c1-20-7-6-8-22(19-20)28-27(29(34)21-11-17-26(37-2)18-12-21)30(35)31(36)33(28)25-15-13-24(14-16-25)32-23-9-4-3-5-10-23/h3-19,28,32,34H,1-2H3/b29-27-. The second-order valence-electron chi connectivity index (χ2n) is 8.85. The molecule has 1 saturated heterocycles. The van der Waals surface area contributed by atoms with Gasteiger partial charge in [-0.05, 0) is 73.2 Å². The maximum atomic E-state index is 13.4. The summed E-state index contributed by atoms with van der Waals surface area (Å²) >= 11 is 0. The maximum absolute atomic E-state index is 13.4. The van der Waals surface area contributed by atoms with Crippen molar-refractivity contribution in [2.24, 2.45) is 0 Å². The first kappa shape index (κ1) is 23.9. The van der Waals surface area contributed by atoms with Crippen molar-refractivity contribution in [2.45, 2.75) is 13.0 Å². The number of ketones is 1. The van der Waals surface area contributed by atoms with E-state index >= 15 is 0 Å². The monoisotopic (exact) mass is 490 g/mol. The number of ether oxygens (including phenoxy) is 1. The molecule has 37 heavy (non-hydrogen) atoms. The van der Waals surface area contributed by atoms with E-state index in [1.165, 1.54) is 4.90 Å². The van der Waals surface area contributed by atoms with Crippen LogP contribution in [0.2, 0.25) is 0 Å². The summed E-state index contributed by atoms with van der Waals surface area (Å²) in [5.74, 6) is -1.02. The minimum atomic E-state index is -0.782. The quantitative estimate of drug-likeness (QED) is 0.186. The molecule has 6 heteroatoms. The predicted octanol–water partition coefficient (Wildman–Crippen LogP) is 6.37. The SMILES string of the molecule is COc1ccc(/C(O)=C2/C(=O)C(=O)N(c3ccc(Nc4ccccc4)cc3)C2c2cccc(C)c2)cc1. The summed E-state index contributed by atoms with van der Waals surface area (Å²) in [6, 6.07) is 30.6. The van der Waals surface area contributed by atoms with E-state index in [0.717, 1.165) is 22.5 Å². The lowest BCUT2D eigenvalue weighted by atomic mass is 9.94. The number of amides is 1. The summed E-state index contributed by atoms with van der Waals surface area (Å²) in [6.45, 7) is 1.95. The molecule has 0 aromatic heterocycles. The fourth-order valence-corrected chi connectivity index (χ4v) is 4.55. The topological polar surface area (TPSA) is 78.9 Å². The number of nitrogens with one attached hydrogen (secondary N) is 1. The van der Waals surface area contributed by atoms with Gasteiger partial charge in [0.15, 0.2) is 0 Å². The molecule has 184 valence electrons. The number of anilines is 3. The highest BCUT2D eigenvalue weighted by Gasteiger charge is 2.47. The third kappa shape index (κ3) is 4.69. The lowest BCUT2D eigenvalue weighted by molar-refractivity contribution is -0.132. The second kappa shape index (κ2) is 10.0. The summed E-state index contributed by atoms with van der Waals surface area (Å²) in [5.41, 5.74) is 4.54. The number of aryl methyl sites for hydroxylation is 1. The Balaban J connectivity index is 1.58. The largest absolute Gasteiger partial charge is 0.507 e. The van der Waals surface area contributed by atoms with Crippen LogP contribution in [0.3, 0.4) is 0 Å². The van der Waals surface area contributed by atoms with Crippen molar-refractivity contribution in [1.29, 1.82) is 0 Å². The molecule has 0 radical (unpaired) electrons. The van der Waals surface area contributed by atoms with Crippen LogP contribution in [-0.4, -0.2) is 23.9 Å². The number of methoxy groups -OCH3 is 1. The first-order chi connectivity index (χ1) is 18.0. The molecule has 1 aliphatic heterocycles. The van der Waals surface area contributed by atoms with E-state index in [4.69, 9.17) is 4.74 Å². The number of aliphatic hydroxyl groups is 1. The van der Waals surface area contributed by atoms with Gasteiger partial charge in [-0.1, -0.05) is 48.0 Å². The number of nitrogens with zero attached hydrogens (tertiary/aromatic N) is 1. The Labute approximate surface area is 215 Å². The average Bonchev–Trinajstić information content (AvgIpc) is 3.19. The highest BCUT2D eigenvalue weighted by atomic mass is 16.5. The summed E-state index contributed by atoms with van der Waals surface area (Å²) < 4.78 is 5.21. The Morgan fingerprint density at radius 1 is 0.838 bits per heavy atom. The third-order valence-electron chi connectivity index (χ3n) is 6.37. The Morgan fingerprint density at radius 2 is 1.51 bits per heavy atom. The van der Waals surface area contributed by atoms with E-state index in [1.54, 1.807) is 43.5 Å². The lowest BCUT2D eigenvalue weighted by Gasteiger charge is -2.26. The molecule has 0 aliphatic carbocycles. The maximum Gasteiger partial charge on any atom is 0.300 e. The van der Waals surface area contributed by atoms with E-state index < -0.39 is 17.7 Å². The van der Waals surface area contributed by atoms with Crippen LogP contribution in [0.1, 0.15) is 22.7 Å². The van der Waals surface area contributed by atoms with Crippen molar-refractivity contribution >= 4 is 34.5 Å². The van der Waals surface area contributed by atoms with Crippen molar-refractivity contribution in [3.05, 3.63) is 125 Å². The summed E-state index contributed by atoms with van der Waals surface area (Å²) in [5, 5.41) is 14.6. The van der Waals surface area contributed by atoms with Crippen LogP contribution in [0.25, 0.3) is 5.76 Å². The molecule has 0 spiro atoms. The molecular formula is C31H26N2O4. The van der Waals surface area contributed by atoms with Crippen LogP contribution >= 0.6 is 0 Å². The zero-order valence-corrected chi connectivity index (χ0v) is 20.5. The van der Waals surface area contributed by atoms with Gasteiger partial charge < -0.3 is 15.2 Å². The van der Waals surface area contributed by atoms with E-state index in [1.807, 2.05) is 73.7 Å². The van der Waals surface area contributed by atoms with Crippen molar-refractivity contribution in [3.8, 4) is 5.75 Å². The van der Waals surface area contributed by atoms with Crippen LogP contribution in [0.15, 0.2) is 109 Å². The Kier molecular flexibility index (Phi) is 6.47. The summed E-state index contributed by atoms with van der Waals surface area (Å²) in [4.78, 5) is 28.2. The first-order valence-corrected chi connectivity index (χ1v) is 11.9. The van der Waals surface area contributed by atoms with Crippen LogP contribution in [0.5, 0.6) is 5.75 Å². The Morgan fingerprint density at radius 3 is 2.16 bits per heavy atom. The van der Waals surface area contributed by atoms with Crippen molar-refractivity contribution in [3.63, 3.8) is 0 Å². The fraction of sp³-hybridized carbons (Fsp3) is 0.0968. The highest BCUT2D eigenvalue weighted by Crippen LogP contribution is 2.42. The minimum absolute atomic E-state index is 0.0484. The molecule has 2 N–H and O–H groups in total. The van der Waals surface area contributed by atoms with Gasteiger partial charge in [-0.2, -0.15) is 0 Å². The molecule has 1 amide bonds. The number of rotatable bonds is 6. The van der Waals surface area contributed by atoms with Crippen molar-refractivity contribution < 1.29 is 19.4 Å². The van der Waals surface area contributed by atoms with Gasteiger partial charge in [-0.25, -0.2) is 0 Å². The van der Waals surface area contributed by atoms with Gasteiger partial charge in [0.25, 0.3) is 11.7 Å². The Hall–Kier alpha value is -4.84. The lowest BCUT2D eigenvalue weighted by Crippen LogP contribution is -2.29. The van der Waals surface area contributed by atoms with Gasteiger partial charge in [-0.15, -0.1) is 0 Å². The van der Waals surface area contributed by atoms with E-state index in [2.05, 4.69) is 5.32 Å². The van der Waals surface area contributed by atoms with Gasteiger partial charge in [-0.3, -0.25) is 14.5 Å². The number of aliphatic hydroxyl groups excluding tert-OH is 1. The number of hydrogen-bond acceptors (Lipinski definition) is 5. The molecule has 1 unspecified atom stereocenters. The Bertz CT molecular complexity index is 1480.